The lowest BCUT2D eigenvalue weighted by atomic mass is 10.1. The molecule has 1 rings (SSSR count). The lowest BCUT2D eigenvalue weighted by Gasteiger charge is -2.13. The summed E-state index contributed by atoms with van der Waals surface area (Å²) >= 11 is 3.24. The molecule has 17 heavy (non-hydrogen) atoms. The summed E-state index contributed by atoms with van der Waals surface area (Å²) in [4.78, 5) is 23.1. The van der Waals surface area contributed by atoms with Crippen molar-refractivity contribution in [2.24, 2.45) is 0 Å². The van der Waals surface area contributed by atoms with Crippen LogP contribution in [0.15, 0.2) is 22.7 Å². The van der Waals surface area contributed by atoms with Gasteiger partial charge in [0.25, 0.3) is 5.91 Å². The first-order chi connectivity index (χ1) is 7.97. The number of carbonyl (C=O) groups excluding carboxylic acids is 2. The SMILES string of the molecule is CNC(=O)C(C)NC(=O)c1cccc(N)c1Br. The average molecular weight is 300 g/mol. The number of nitrogens with two attached hydrogens (primary N) is 1. The fourth-order valence-corrected chi connectivity index (χ4v) is 1.73. The number of likely N-dealkylation sites (N-methyl/N-ethyl adjacent to an activating group) is 1. The van der Waals surface area contributed by atoms with Crippen LogP contribution in [-0.2, 0) is 4.79 Å². The number of carbonyl (C=O) groups is 2. The Bertz CT molecular complexity index is 448. The van der Waals surface area contributed by atoms with Gasteiger partial charge in [-0.25, -0.2) is 0 Å². The molecule has 0 aliphatic heterocycles. The average Bonchev–Trinajstić information content (AvgIpc) is 2.31. The van der Waals surface area contributed by atoms with E-state index in [1.807, 2.05) is 0 Å². The van der Waals surface area contributed by atoms with E-state index in [2.05, 4.69) is 26.6 Å². The first kappa shape index (κ1) is 13.5. The normalized spacial score (nSPS) is 11.7. The predicted molar refractivity (Wildman–Crippen MR) is 69.5 cm³/mol. The third-order valence-corrected chi connectivity index (χ3v) is 3.15. The van der Waals surface area contributed by atoms with Gasteiger partial charge in [0.2, 0.25) is 5.91 Å². The van der Waals surface area contributed by atoms with Crippen LogP contribution >= 0.6 is 15.9 Å². The monoisotopic (exact) mass is 299 g/mol. The highest BCUT2D eigenvalue weighted by molar-refractivity contribution is 9.10. The third kappa shape index (κ3) is 3.20. The van der Waals surface area contributed by atoms with Crippen LogP contribution in [0, 0.1) is 0 Å². The summed E-state index contributed by atoms with van der Waals surface area (Å²) in [5, 5.41) is 5.04. The van der Waals surface area contributed by atoms with Gasteiger partial charge in [0.15, 0.2) is 0 Å². The van der Waals surface area contributed by atoms with E-state index < -0.39 is 6.04 Å². The van der Waals surface area contributed by atoms with Crippen molar-refractivity contribution >= 4 is 33.4 Å². The molecule has 0 radical (unpaired) electrons. The van der Waals surface area contributed by atoms with Crippen molar-refractivity contribution in [3.63, 3.8) is 0 Å². The van der Waals surface area contributed by atoms with Gasteiger partial charge in [0.05, 0.1) is 10.0 Å². The van der Waals surface area contributed by atoms with E-state index in [0.717, 1.165) is 0 Å². The summed E-state index contributed by atoms with van der Waals surface area (Å²) in [5.74, 6) is -0.598. The summed E-state index contributed by atoms with van der Waals surface area (Å²) in [7, 11) is 1.52. The van der Waals surface area contributed by atoms with Crippen molar-refractivity contribution in [3.05, 3.63) is 28.2 Å². The number of benzene rings is 1. The lowest BCUT2D eigenvalue weighted by molar-refractivity contribution is -0.122. The zero-order valence-electron chi connectivity index (χ0n) is 9.58. The Kier molecular flexibility index (Phi) is 4.51. The topological polar surface area (TPSA) is 84.2 Å². The zero-order valence-corrected chi connectivity index (χ0v) is 11.2. The Balaban J connectivity index is 2.84. The summed E-state index contributed by atoms with van der Waals surface area (Å²) in [6, 6.07) is 4.40. The first-order valence-corrected chi connectivity index (χ1v) is 5.83. The molecule has 0 aliphatic rings. The Labute approximate surface area is 108 Å². The van der Waals surface area contributed by atoms with Crippen LogP contribution in [0.4, 0.5) is 5.69 Å². The molecule has 6 heteroatoms. The molecule has 0 aliphatic carbocycles. The summed E-state index contributed by atoms with van der Waals surface area (Å²) < 4.78 is 0.529. The molecule has 0 heterocycles. The van der Waals surface area contributed by atoms with Crippen LogP contribution < -0.4 is 16.4 Å². The molecule has 1 unspecified atom stereocenters. The van der Waals surface area contributed by atoms with Gasteiger partial charge >= 0.3 is 0 Å². The highest BCUT2D eigenvalue weighted by Crippen LogP contribution is 2.23. The molecule has 0 saturated heterocycles. The molecule has 1 atom stereocenters. The molecule has 2 amide bonds. The molecule has 4 N–H and O–H groups in total. The van der Waals surface area contributed by atoms with E-state index in [1.165, 1.54) is 7.05 Å². The van der Waals surface area contributed by atoms with Gasteiger partial charge in [0.1, 0.15) is 6.04 Å². The third-order valence-electron chi connectivity index (χ3n) is 2.26. The summed E-state index contributed by atoms with van der Waals surface area (Å²) in [6.07, 6.45) is 0. The van der Waals surface area contributed by atoms with Crippen LogP contribution in [0.5, 0.6) is 0 Å². The second-order valence-electron chi connectivity index (χ2n) is 3.52. The second-order valence-corrected chi connectivity index (χ2v) is 4.31. The lowest BCUT2D eigenvalue weighted by Crippen LogP contribution is -2.43. The molecule has 0 fully saturated rings. The standard InChI is InChI=1S/C11H14BrN3O2/c1-6(10(16)14-2)15-11(17)7-4-3-5-8(13)9(7)12/h3-6H,13H2,1-2H3,(H,14,16)(H,15,17). The minimum Gasteiger partial charge on any atom is -0.398 e. The van der Waals surface area contributed by atoms with Gasteiger partial charge in [-0.1, -0.05) is 6.07 Å². The molecule has 1 aromatic carbocycles. The van der Waals surface area contributed by atoms with Gasteiger partial charge in [0, 0.05) is 12.7 Å². The van der Waals surface area contributed by atoms with Gasteiger partial charge in [-0.15, -0.1) is 0 Å². The first-order valence-electron chi connectivity index (χ1n) is 5.03. The van der Waals surface area contributed by atoms with Crippen LogP contribution in [0.3, 0.4) is 0 Å². The molecule has 1 aromatic rings. The van der Waals surface area contributed by atoms with Gasteiger partial charge in [-0.05, 0) is 35.0 Å². The molecule has 0 bridgehead atoms. The van der Waals surface area contributed by atoms with Crippen molar-refractivity contribution in [2.45, 2.75) is 13.0 Å². The van der Waals surface area contributed by atoms with E-state index in [9.17, 15) is 9.59 Å². The van der Waals surface area contributed by atoms with Crippen LogP contribution in [0.2, 0.25) is 0 Å². The highest BCUT2D eigenvalue weighted by atomic mass is 79.9. The van der Waals surface area contributed by atoms with E-state index in [-0.39, 0.29) is 11.8 Å². The smallest absolute Gasteiger partial charge is 0.253 e. The molecule has 0 spiro atoms. The Hall–Kier alpha value is -1.56. The maximum atomic E-state index is 11.9. The maximum Gasteiger partial charge on any atom is 0.253 e. The predicted octanol–water partition coefficient (Wildman–Crippen LogP) is 0.896. The quantitative estimate of drug-likeness (QED) is 0.725. The fraction of sp³-hybridized carbons (Fsp3) is 0.273. The van der Waals surface area contributed by atoms with Crippen molar-refractivity contribution in [3.8, 4) is 0 Å². The molecule has 0 aromatic heterocycles. The largest absolute Gasteiger partial charge is 0.398 e. The van der Waals surface area contributed by atoms with Gasteiger partial charge in [-0.3, -0.25) is 9.59 Å². The van der Waals surface area contributed by atoms with Crippen LogP contribution in [0.25, 0.3) is 0 Å². The number of rotatable bonds is 3. The van der Waals surface area contributed by atoms with Crippen molar-refractivity contribution < 1.29 is 9.59 Å². The number of nitrogens with one attached hydrogen (secondary N) is 2. The Morgan fingerprint density at radius 2 is 2.06 bits per heavy atom. The number of halogens is 1. The number of amides is 2. The Morgan fingerprint density at radius 3 is 2.65 bits per heavy atom. The number of hydrogen-bond acceptors (Lipinski definition) is 3. The highest BCUT2D eigenvalue weighted by Gasteiger charge is 2.17. The van der Waals surface area contributed by atoms with E-state index in [1.54, 1.807) is 25.1 Å². The molecule has 0 saturated carbocycles. The van der Waals surface area contributed by atoms with E-state index in [4.69, 9.17) is 5.73 Å². The van der Waals surface area contributed by atoms with Crippen LogP contribution in [-0.4, -0.2) is 24.9 Å². The number of hydrogen-bond donors (Lipinski definition) is 3. The maximum absolute atomic E-state index is 11.9. The minimum absolute atomic E-state index is 0.252. The van der Waals surface area contributed by atoms with Gasteiger partial charge < -0.3 is 16.4 Å². The minimum atomic E-state index is -0.596. The number of nitrogen functional groups attached to an aromatic ring is 1. The molecule has 92 valence electrons. The van der Waals surface area contributed by atoms with Crippen molar-refractivity contribution in [1.29, 1.82) is 0 Å². The van der Waals surface area contributed by atoms with E-state index in [0.29, 0.717) is 15.7 Å². The van der Waals surface area contributed by atoms with E-state index >= 15 is 0 Å². The summed E-state index contributed by atoms with van der Waals surface area (Å²) in [5.41, 5.74) is 6.55. The number of anilines is 1. The zero-order chi connectivity index (χ0) is 13.0. The molecule has 5 nitrogen and oxygen atoms in total. The fourth-order valence-electron chi connectivity index (χ4n) is 1.28. The van der Waals surface area contributed by atoms with Crippen molar-refractivity contribution in [1.82, 2.24) is 10.6 Å². The Morgan fingerprint density at radius 1 is 1.41 bits per heavy atom. The van der Waals surface area contributed by atoms with Crippen molar-refractivity contribution in [2.75, 3.05) is 12.8 Å². The van der Waals surface area contributed by atoms with Crippen LogP contribution in [0.1, 0.15) is 17.3 Å². The second kappa shape index (κ2) is 5.67. The molecular formula is C11H14BrN3O2. The molecular weight excluding hydrogens is 286 g/mol. The summed E-state index contributed by atoms with van der Waals surface area (Å²) in [6.45, 7) is 1.61. The van der Waals surface area contributed by atoms with Gasteiger partial charge in [-0.2, -0.15) is 0 Å².